The third kappa shape index (κ3) is 5.02. The van der Waals surface area contributed by atoms with Crippen LogP contribution >= 0.6 is 0 Å². The summed E-state index contributed by atoms with van der Waals surface area (Å²) < 4.78 is 2.28. The maximum Gasteiger partial charge on any atom is 0.164 e. The highest BCUT2D eigenvalue weighted by Gasteiger charge is 2.46. The highest BCUT2D eigenvalue weighted by molar-refractivity contribution is 6.03. The van der Waals surface area contributed by atoms with Crippen molar-refractivity contribution in [1.82, 2.24) is 14.4 Å². The lowest BCUT2D eigenvalue weighted by atomic mass is 9.67. The van der Waals surface area contributed by atoms with Gasteiger partial charge in [-0.15, -0.1) is 0 Å². The van der Waals surface area contributed by atoms with Crippen molar-refractivity contribution < 1.29 is 0 Å². The zero-order chi connectivity index (χ0) is 41.9. The van der Waals surface area contributed by atoms with Gasteiger partial charge in [0.15, 0.2) is 5.65 Å². The normalized spacial score (nSPS) is 14.1. The van der Waals surface area contributed by atoms with Crippen molar-refractivity contribution in [2.75, 3.05) is 0 Å². The van der Waals surface area contributed by atoms with E-state index >= 15 is 0 Å². The van der Waals surface area contributed by atoms with E-state index in [1.54, 1.807) is 0 Å². The van der Waals surface area contributed by atoms with Gasteiger partial charge in [0.2, 0.25) is 0 Å². The molecule has 0 radical (unpaired) electrons. The first kappa shape index (κ1) is 35.8. The lowest BCUT2D eigenvalue weighted by Crippen LogP contribution is -2.28. The van der Waals surface area contributed by atoms with Crippen LogP contribution in [0.3, 0.4) is 0 Å². The van der Waals surface area contributed by atoms with Crippen LogP contribution < -0.4 is 0 Å². The molecule has 0 saturated carbocycles. The van der Waals surface area contributed by atoms with E-state index in [4.69, 9.17) is 9.97 Å². The zero-order valence-electron chi connectivity index (χ0n) is 35.0. The molecule has 0 atom stereocenters. The second-order valence-electron chi connectivity index (χ2n) is 17.7. The first-order valence-electron chi connectivity index (χ1n) is 21.9. The number of aromatic nitrogens is 3. The average Bonchev–Trinajstić information content (AvgIpc) is 3.98. The van der Waals surface area contributed by atoms with E-state index in [0.29, 0.717) is 0 Å². The number of imidazole rings is 1. The number of benzene rings is 9. The highest BCUT2D eigenvalue weighted by atomic mass is 15.0. The van der Waals surface area contributed by atoms with Gasteiger partial charge >= 0.3 is 0 Å². The highest BCUT2D eigenvalue weighted by Crippen LogP contribution is 2.57. The molecule has 2 aromatic heterocycles. The largest absolute Gasteiger partial charge is 0.296 e. The van der Waals surface area contributed by atoms with Crippen molar-refractivity contribution in [2.45, 2.75) is 24.7 Å². The molecule has 0 fully saturated rings. The fourth-order valence-electron chi connectivity index (χ4n) is 11.2. The van der Waals surface area contributed by atoms with Crippen LogP contribution in [0, 0.1) is 0 Å². The zero-order valence-corrected chi connectivity index (χ0v) is 35.0. The molecule has 3 nitrogen and oxygen atoms in total. The van der Waals surface area contributed by atoms with E-state index in [1.807, 2.05) is 6.20 Å². The van der Waals surface area contributed by atoms with Crippen molar-refractivity contribution in [3.63, 3.8) is 0 Å². The van der Waals surface area contributed by atoms with E-state index in [-0.39, 0.29) is 5.41 Å². The van der Waals surface area contributed by atoms with Crippen LogP contribution in [0.4, 0.5) is 0 Å². The Kier molecular flexibility index (Phi) is 7.57. The van der Waals surface area contributed by atoms with Gasteiger partial charge in [0.25, 0.3) is 0 Å². The number of fused-ring (bicyclic) bond motifs is 10. The first-order chi connectivity index (χ1) is 31.0. The topological polar surface area (TPSA) is 30.2 Å². The SMILES string of the molecule is CC1(C)c2cc(-c3nc(-c4ccc5c(c4)C(c4ccccc4)(c4ccccc4)c4ccccc4-5)cn4c(-c5cccc6ccccc56)cnc34)ccc2-c2c1ccc1ccccc21. The molecular formula is C60H41N3. The molecule has 2 aliphatic rings. The van der Waals surface area contributed by atoms with Crippen molar-refractivity contribution in [2.24, 2.45) is 0 Å². The standard InChI is InChI=1S/C60H41N3/c1-59(2)51-33-30-39-17-10-12-24-45(39)56(51)49-32-29-41(35-52(49)59)57-58-61-36-55(48-26-15-18-38-16-9-11-23-44(38)48)63(58)37-54(62-57)40-28-31-47-46-25-13-14-27-50(46)60(53(47)34-40,42-19-5-3-6-20-42)43-21-7-4-8-22-43/h3-37H,1-2H3. The van der Waals surface area contributed by atoms with Crippen LogP contribution in [0.2, 0.25) is 0 Å². The molecule has 0 amide bonds. The molecule has 0 unspecified atom stereocenters. The van der Waals surface area contributed by atoms with Gasteiger partial charge in [0.1, 0.15) is 5.69 Å². The summed E-state index contributed by atoms with van der Waals surface area (Å²) in [4.78, 5) is 10.9. The average molecular weight is 804 g/mol. The van der Waals surface area contributed by atoms with Crippen molar-refractivity contribution in [1.29, 1.82) is 0 Å². The molecular weight excluding hydrogens is 763 g/mol. The summed E-state index contributed by atoms with van der Waals surface area (Å²) in [7, 11) is 0. The van der Waals surface area contributed by atoms with Crippen LogP contribution in [0.25, 0.3) is 83.2 Å². The van der Waals surface area contributed by atoms with Crippen LogP contribution in [-0.2, 0) is 10.8 Å². The summed E-state index contributed by atoms with van der Waals surface area (Å²) in [5, 5.41) is 4.95. The molecule has 2 aliphatic carbocycles. The van der Waals surface area contributed by atoms with Gasteiger partial charge in [-0.3, -0.25) is 4.40 Å². The second-order valence-corrected chi connectivity index (χ2v) is 17.7. The van der Waals surface area contributed by atoms with Crippen molar-refractivity contribution in [3.05, 3.63) is 246 Å². The molecule has 9 aromatic carbocycles. The van der Waals surface area contributed by atoms with Crippen LogP contribution in [0.15, 0.2) is 213 Å². The summed E-state index contributed by atoms with van der Waals surface area (Å²) in [5.41, 5.74) is 19.0. The Balaban J connectivity index is 1.07. The minimum Gasteiger partial charge on any atom is -0.296 e. The lowest BCUT2D eigenvalue weighted by Gasteiger charge is -2.34. The van der Waals surface area contributed by atoms with Gasteiger partial charge in [0.05, 0.1) is 23.0 Å². The van der Waals surface area contributed by atoms with E-state index in [2.05, 4.69) is 225 Å². The third-order valence-corrected chi connectivity index (χ3v) is 14.2. The minimum absolute atomic E-state index is 0.199. The number of nitrogens with zero attached hydrogens (tertiary/aromatic N) is 3. The van der Waals surface area contributed by atoms with E-state index in [1.165, 1.54) is 77.2 Å². The van der Waals surface area contributed by atoms with Gasteiger partial charge in [-0.25, -0.2) is 9.97 Å². The molecule has 2 heterocycles. The Morgan fingerprint density at radius 1 is 0.444 bits per heavy atom. The van der Waals surface area contributed by atoms with E-state index in [0.717, 1.165) is 39.4 Å². The lowest BCUT2D eigenvalue weighted by molar-refractivity contribution is 0.661. The predicted octanol–water partition coefficient (Wildman–Crippen LogP) is 14.7. The molecule has 63 heavy (non-hydrogen) atoms. The molecule has 13 rings (SSSR count). The summed E-state index contributed by atoms with van der Waals surface area (Å²) >= 11 is 0. The van der Waals surface area contributed by atoms with E-state index in [9.17, 15) is 0 Å². The fraction of sp³-hybridized carbons (Fsp3) is 0.0667. The summed E-state index contributed by atoms with van der Waals surface area (Å²) in [6.07, 6.45) is 4.24. The fourth-order valence-corrected chi connectivity index (χ4v) is 11.2. The van der Waals surface area contributed by atoms with Gasteiger partial charge in [0, 0.05) is 28.3 Å². The van der Waals surface area contributed by atoms with Gasteiger partial charge in [-0.2, -0.15) is 0 Å². The van der Waals surface area contributed by atoms with Gasteiger partial charge in [-0.05, 0) is 89.3 Å². The van der Waals surface area contributed by atoms with E-state index < -0.39 is 5.41 Å². The Morgan fingerprint density at radius 3 is 1.84 bits per heavy atom. The Hall–Kier alpha value is -7.88. The Labute approximate surface area is 366 Å². The molecule has 296 valence electrons. The number of hydrogen-bond acceptors (Lipinski definition) is 2. The number of rotatable bonds is 5. The quantitative estimate of drug-likeness (QED) is 0.173. The minimum atomic E-state index is -0.523. The molecule has 0 bridgehead atoms. The van der Waals surface area contributed by atoms with Crippen LogP contribution in [0.5, 0.6) is 0 Å². The summed E-state index contributed by atoms with van der Waals surface area (Å²) in [5.74, 6) is 0. The van der Waals surface area contributed by atoms with Gasteiger partial charge in [-0.1, -0.05) is 202 Å². The maximum absolute atomic E-state index is 5.67. The summed E-state index contributed by atoms with van der Waals surface area (Å²) in [6, 6.07) is 73.5. The first-order valence-corrected chi connectivity index (χ1v) is 21.9. The number of hydrogen-bond donors (Lipinski definition) is 0. The van der Waals surface area contributed by atoms with Crippen molar-refractivity contribution in [3.8, 4) is 56.0 Å². The maximum atomic E-state index is 5.67. The third-order valence-electron chi connectivity index (χ3n) is 14.2. The molecule has 0 aliphatic heterocycles. The van der Waals surface area contributed by atoms with Crippen LogP contribution in [-0.4, -0.2) is 14.4 Å². The van der Waals surface area contributed by atoms with Crippen molar-refractivity contribution >= 4 is 27.2 Å². The molecule has 0 N–H and O–H groups in total. The van der Waals surface area contributed by atoms with Crippen LogP contribution in [0.1, 0.15) is 47.2 Å². The van der Waals surface area contributed by atoms with Gasteiger partial charge < -0.3 is 0 Å². The predicted molar refractivity (Wildman–Crippen MR) is 259 cm³/mol. The smallest absolute Gasteiger partial charge is 0.164 e. The molecule has 0 spiro atoms. The monoisotopic (exact) mass is 803 g/mol. The molecule has 11 aromatic rings. The molecule has 0 saturated heterocycles. The second kappa shape index (κ2) is 13.3. The summed E-state index contributed by atoms with van der Waals surface area (Å²) in [6.45, 7) is 4.72. The molecule has 3 heteroatoms. The Morgan fingerprint density at radius 2 is 1.05 bits per heavy atom. The Bertz CT molecular complexity index is 3610.